The Kier molecular flexibility index (Phi) is 5.78. The van der Waals surface area contributed by atoms with Gasteiger partial charge >= 0.3 is 5.97 Å². The highest BCUT2D eigenvalue weighted by atomic mass is 16.4. The predicted octanol–water partition coefficient (Wildman–Crippen LogP) is 0.889. The number of carbonyl (C=O) groups is 3. The predicted molar refractivity (Wildman–Crippen MR) is 111 cm³/mol. The maximum atomic E-state index is 13.4. The fourth-order valence-electron chi connectivity index (χ4n) is 4.14. The van der Waals surface area contributed by atoms with Crippen LogP contribution in [0.5, 0.6) is 0 Å². The van der Waals surface area contributed by atoms with Crippen molar-refractivity contribution in [3.05, 3.63) is 65.2 Å². The lowest BCUT2D eigenvalue weighted by atomic mass is 9.86. The summed E-state index contributed by atoms with van der Waals surface area (Å²) in [5, 5.41) is 18.8. The lowest BCUT2D eigenvalue weighted by Crippen LogP contribution is -2.58. The molecule has 2 aliphatic rings. The van der Waals surface area contributed by atoms with Gasteiger partial charge in [-0.15, -0.1) is 0 Å². The van der Waals surface area contributed by atoms with E-state index in [1.54, 1.807) is 36.4 Å². The summed E-state index contributed by atoms with van der Waals surface area (Å²) in [7, 11) is 0. The van der Waals surface area contributed by atoms with Gasteiger partial charge in [-0.1, -0.05) is 36.4 Å². The van der Waals surface area contributed by atoms with E-state index in [0.717, 1.165) is 18.7 Å². The number of anilines is 1. The average molecular weight is 408 g/mol. The smallest absolute Gasteiger partial charge is 0.304 e. The van der Waals surface area contributed by atoms with Crippen molar-refractivity contribution in [1.29, 1.82) is 0 Å². The van der Waals surface area contributed by atoms with E-state index < -0.39 is 11.9 Å². The SMILES string of the molecule is O=C(O)CC1c2ccccc2C(=O)N(CC(=O)NC2CNCCN2)c2ccccc21. The van der Waals surface area contributed by atoms with Gasteiger partial charge in [-0.05, 0) is 23.3 Å². The average Bonchev–Trinajstić information content (AvgIpc) is 2.84. The quantitative estimate of drug-likeness (QED) is 0.585. The van der Waals surface area contributed by atoms with Gasteiger partial charge in [0.1, 0.15) is 6.54 Å². The number of carbonyl (C=O) groups excluding carboxylic acids is 2. The number of carboxylic acids is 1. The zero-order valence-corrected chi connectivity index (χ0v) is 16.4. The fourth-order valence-corrected chi connectivity index (χ4v) is 4.14. The van der Waals surface area contributed by atoms with Crippen LogP contribution >= 0.6 is 0 Å². The molecule has 2 aromatic rings. The second-order valence-electron chi connectivity index (χ2n) is 7.47. The van der Waals surface area contributed by atoms with Crippen molar-refractivity contribution >= 4 is 23.5 Å². The number of rotatable bonds is 5. The van der Waals surface area contributed by atoms with Gasteiger partial charge in [0.2, 0.25) is 5.91 Å². The van der Waals surface area contributed by atoms with Crippen LogP contribution in [0.3, 0.4) is 0 Å². The van der Waals surface area contributed by atoms with E-state index in [4.69, 9.17) is 0 Å². The van der Waals surface area contributed by atoms with E-state index >= 15 is 0 Å². The summed E-state index contributed by atoms with van der Waals surface area (Å²) >= 11 is 0. The molecule has 156 valence electrons. The van der Waals surface area contributed by atoms with E-state index in [1.807, 2.05) is 12.1 Å². The van der Waals surface area contributed by atoms with Gasteiger partial charge in [0.15, 0.2) is 0 Å². The molecule has 8 heteroatoms. The number of piperazine rings is 1. The number of hydrogen-bond donors (Lipinski definition) is 4. The first-order chi connectivity index (χ1) is 14.5. The summed E-state index contributed by atoms with van der Waals surface area (Å²) in [5.74, 6) is -2.01. The maximum absolute atomic E-state index is 13.4. The van der Waals surface area contributed by atoms with Crippen molar-refractivity contribution in [3.63, 3.8) is 0 Å². The standard InChI is InChI=1S/C22H24N4O4/c27-20(25-19-12-23-9-10-24-19)13-26-18-8-4-3-6-15(18)17(11-21(28)29)14-5-1-2-7-16(14)22(26)30/h1-8,17,19,23-24H,9-13H2,(H,25,27)(H,28,29). The van der Waals surface area contributed by atoms with Crippen LogP contribution < -0.4 is 20.9 Å². The molecular weight excluding hydrogens is 384 g/mol. The highest BCUT2D eigenvalue weighted by Crippen LogP contribution is 2.40. The van der Waals surface area contributed by atoms with Gasteiger partial charge in [-0.25, -0.2) is 0 Å². The first-order valence-corrected chi connectivity index (χ1v) is 9.99. The Bertz CT molecular complexity index is 971. The van der Waals surface area contributed by atoms with Gasteiger partial charge in [-0.2, -0.15) is 0 Å². The molecule has 0 radical (unpaired) electrons. The number of fused-ring (bicyclic) bond motifs is 2. The van der Waals surface area contributed by atoms with Crippen molar-refractivity contribution in [2.24, 2.45) is 0 Å². The Morgan fingerprint density at radius 3 is 2.53 bits per heavy atom. The topological polar surface area (TPSA) is 111 Å². The molecule has 2 aromatic carbocycles. The Labute approximate surface area is 174 Å². The molecule has 2 aliphatic heterocycles. The molecule has 2 atom stereocenters. The number of nitrogens with zero attached hydrogens (tertiary/aromatic N) is 1. The summed E-state index contributed by atoms with van der Waals surface area (Å²) in [4.78, 5) is 39.2. The van der Waals surface area contributed by atoms with Crippen LogP contribution in [0.15, 0.2) is 48.5 Å². The van der Waals surface area contributed by atoms with Crippen molar-refractivity contribution in [1.82, 2.24) is 16.0 Å². The van der Waals surface area contributed by atoms with Crippen LogP contribution in [-0.2, 0) is 9.59 Å². The highest BCUT2D eigenvalue weighted by Gasteiger charge is 2.34. The number of aliphatic carboxylic acids is 1. The minimum Gasteiger partial charge on any atom is -0.481 e. The lowest BCUT2D eigenvalue weighted by molar-refractivity contribution is -0.137. The summed E-state index contributed by atoms with van der Waals surface area (Å²) in [5.41, 5.74) is 2.38. The fraction of sp³-hybridized carbons (Fsp3) is 0.318. The van der Waals surface area contributed by atoms with Crippen molar-refractivity contribution in [2.75, 3.05) is 31.1 Å². The lowest BCUT2D eigenvalue weighted by Gasteiger charge is -2.28. The number of benzene rings is 2. The van der Waals surface area contributed by atoms with Gasteiger partial charge in [0.25, 0.3) is 5.91 Å². The molecular formula is C22H24N4O4. The van der Waals surface area contributed by atoms with Crippen molar-refractivity contribution < 1.29 is 19.5 Å². The van der Waals surface area contributed by atoms with E-state index in [1.165, 1.54) is 4.90 Å². The molecule has 4 rings (SSSR count). The first kappa shape index (κ1) is 20.1. The molecule has 0 spiro atoms. The minimum absolute atomic E-state index is 0.140. The Morgan fingerprint density at radius 1 is 1.07 bits per heavy atom. The van der Waals surface area contributed by atoms with Gasteiger partial charge in [0, 0.05) is 36.8 Å². The highest BCUT2D eigenvalue weighted by molar-refractivity contribution is 6.11. The van der Waals surface area contributed by atoms with Crippen LogP contribution in [0.2, 0.25) is 0 Å². The Balaban J connectivity index is 1.70. The third kappa shape index (κ3) is 4.05. The van der Waals surface area contributed by atoms with E-state index in [9.17, 15) is 19.5 Å². The third-order valence-electron chi connectivity index (χ3n) is 5.47. The third-order valence-corrected chi connectivity index (χ3v) is 5.47. The first-order valence-electron chi connectivity index (χ1n) is 9.99. The molecule has 0 aromatic heterocycles. The van der Waals surface area contributed by atoms with Crippen LogP contribution in [0.4, 0.5) is 5.69 Å². The molecule has 0 bridgehead atoms. The van der Waals surface area contributed by atoms with Crippen LogP contribution in [0.1, 0.15) is 33.8 Å². The normalized spacial score (nSPS) is 20.7. The van der Waals surface area contributed by atoms with Crippen LogP contribution in [-0.4, -0.2) is 55.2 Å². The Morgan fingerprint density at radius 2 is 1.80 bits per heavy atom. The van der Waals surface area contributed by atoms with Gasteiger partial charge in [0.05, 0.1) is 12.6 Å². The molecule has 0 aliphatic carbocycles. The number of carboxylic acid groups (broad SMARTS) is 1. The molecule has 8 nitrogen and oxygen atoms in total. The summed E-state index contributed by atoms with van der Waals surface area (Å²) in [6.45, 7) is 2.05. The van der Waals surface area contributed by atoms with Gasteiger partial charge < -0.3 is 15.7 Å². The largest absolute Gasteiger partial charge is 0.481 e. The van der Waals surface area contributed by atoms with Crippen LogP contribution in [0.25, 0.3) is 0 Å². The van der Waals surface area contributed by atoms with E-state index in [2.05, 4.69) is 16.0 Å². The second kappa shape index (κ2) is 8.64. The molecule has 0 saturated carbocycles. The molecule has 1 fully saturated rings. The summed E-state index contributed by atoms with van der Waals surface area (Å²) < 4.78 is 0. The van der Waals surface area contributed by atoms with Crippen molar-refractivity contribution in [2.45, 2.75) is 18.5 Å². The minimum atomic E-state index is -0.945. The summed E-state index contributed by atoms with van der Waals surface area (Å²) in [6.07, 6.45) is -0.338. The van der Waals surface area contributed by atoms with Crippen molar-refractivity contribution in [3.8, 4) is 0 Å². The number of para-hydroxylation sites is 1. The summed E-state index contributed by atoms with van der Waals surface area (Å²) in [6, 6.07) is 14.2. The molecule has 2 amide bonds. The van der Waals surface area contributed by atoms with E-state index in [0.29, 0.717) is 23.4 Å². The number of nitrogens with one attached hydrogen (secondary N) is 3. The Hall–Kier alpha value is -3.23. The monoisotopic (exact) mass is 408 g/mol. The molecule has 2 unspecified atom stereocenters. The number of hydrogen-bond acceptors (Lipinski definition) is 5. The van der Waals surface area contributed by atoms with Crippen LogP contribution in [0, 0.1) is 0 Å². The molecule has 4 N–H and O–H groups in total. The molecule has 1 saturated heterocycles. The maximum Gasteiger partial charge on any atom is 0.304 e. The number of amides is 2. The molecule has 2 heterocycles. The molecule has 30 heavy (non-hydrogen) atoms. The zero-order valence-electron chi connectivity index (χ0n) is 16.4. The zero-order chi connectivity index (χ0) is 21.1. The van der Waals surface area contributed by atoms with E-state index in [-0.39, 0.29) is 30.9 Å². The van der Waals surface area contributed by atoms with Gasteiger partial charge in [-0.3, -0.25) is 24.6 Å². The second-order valence-corrected chi connectivity index (χ2v) is 7.47.